The monoisotopic (exact) mass is 250 g/mol. The molecule has 0 spiro atoms. The molecule has 0 radical (unpaired) electrons. The Balaban J connectivity index is 1.94. The lowest BCUT2D eigenvalue weighted by molar-refractivity contribution is -0.130. The summed E-state index contributed by atoms with van der Waals surface area (Å²) in [4.78, 5) is 18.2. The maximum atomic E-state index is 11.3. The van der Waals surface area contributed by atoms with Gasteiger partial charge in [0, 0.05) is 18.8 Å². The van der Waals surface area contributed by atoms with E-state index in [1.165, 1.54) is 12.8 Å². The Morgan fingerprint density at radius 2 is 2.00 bits per heavy atom. The van der Waals surface area contributed by atoms with Crippen LogP contribution in [0.5, 0.6) is 0 Å². The molecule has 0 bridgehead atoms. The summed E-state index contributed by atoms with van der Waals surface area (Å²) in [5.74, 6) is -0.142. The molecule has 1 N–H and O–H groups in total. The first-order valence-corrected chi connectivity index (χ1v) is 6.03. The minimum atomic E-state index is -0.142. The van der Waals surface area contributed by atoms with Gasteiger partial charge in [0.25, 0.3) is 0 Å². The van der Waals surface area contributed by atoms with Gasteiger partial charge < -0.3 is 9.64 Å². The quantitative estimate of drug-likeness (QED) is 0.801. The van der Waals surface area contributed by atoms with Crippen LogP contribution in [0, 0.1) is 0 Å². The van der Waals surface area contributed by atoms with Gasteiger partial charge in [-0.3, -0.25) is 9.63 Å². The first kappa shape index (κ1) is 12.9. The standard InChI is InChI=1S/C13H18N2O3/c1-17-14-13(16)10-11-2-4-12(5-3-11)15-6-8-18-9-7-15/h2-5H,6-10H2,1H3,(H,14,16). The normalized spacial score (nSPS) is 15.5. The average Bonchev–Trinajstić information content (AvgIpc) is 2.41. The van der Waals surface area contributed by atoms with E-state index in [0.717, 1.165) is 31.9 Å². The highest BCUT2D eigenvalue weighted by Crippen LogP contribution is 2.16. The maximum absolute atomic E-state index is 11.3. The third kappa shape index (κ3) is 3.45. The Morgan fingerprint density at radius 3 is 2.61 bits per heavy atom. The second-order valence-corrected chi connectivity index (χ2v) is 4.17. The van der Waals surface area contributed by atoms with Crippen LogP contribution < -0.4 is 10.4 Å². The predicted molar refractivity (Wildman–Crippen MR) is 68.3 cm³/mol. The number of carbonyl (C=O) groups is 1. The summed E-state index contributed by atoms with van der Waals surface area (Å²) >= 11 is 0. The van der Waals surface area contributed by atoms with Gasteiger partial charge >= 0.3 is 0 Å². The van der Waals surface area contributed by atoms with Crippen molar-refractivity contribution >= 4 is 11.6 Å². The Bertz CT molecular complexity index is 386. The number of hydrogen-bond donors (Lipinski definition) is 1. The molecule has 18 heavy (non-hydrogen) atoms. The van der Waals surface area contributed by atoms with Crippen molar-refractivity contribution in [2.75, 3.05) is 38.3 Å². The third-order valence-electron chi connectivity index (χ3n) is 2.89. The fraction of sp³-hybridized carbons (Fsp3) is 0.462. The van der Waals surface area contributed by atoms with Crippen LogP contribution in [-0.2, 0) is 20.8 Å². The SMILES string of the molecule is CONC(=O)Cc1ccc(N2CCOCC2)cc1. The summed E-state index contributed by atoms with van der Waals surface area (Å²) in [5, 5.41) is 0. The Kier molecular flexibility index (Phi) is 4.55. The fourth-order valence-corrected chi connectivity index (χ4v) is 1.98. The fourth-order valence-electron chi connectivity index (χ4n) is 1.98. The number of carbonyl (C=O) groups excluding carboxylic acids is 1. The van der Waals surface area contributed by atoms with E-state index in [2.05, 4.69) is 15.2 Å². The van der Waals surface area contributed by atoms with Crippen LogP contribution in [0.1, 0.15) is 5.56 Å². The first-order valence-electron chi connectivity index (χ1n) is 6.03. The number of nitrogens with one attached hydrogen (secondary N) is 1. The molecule has 1 aromatic rings. The number of morpholine rings is 1. The van der Waals surface area contributed by atoms with E-state index in [9.17, 15) is 4.79 Å². The Labute approximate surface area is 107 Å². The van der Waals surface area contributed by atoms with Crippen molar-refractivity contribution in [1.82, 2.24) is 5.48 Å². The van der Waals surface area contributed by atoms with Crippen molar-refractivity contribution < 1.29 is 14.4 Å². The highest BCUT2D eigenvalue weighted by molar-refractivity contribution is 5.77. The minimum Gasteiger partial charge on any atom is -0.378 e. The molecule has 0 unspecified atom stereocenters. The molecule has 1 saturated heterocycles. The predicted octanol–water partition coefficient (Wildman–Crippen LogP) is 0.743. The van der Waals surface area contributed by atoms with Crippen LogP contribution in [0.3, 0.4) is 0 Å². The molecule has 5 nitrogen and oxygen atoms in total. The minimum absolute atomic E-state index is 0.142. The van der Waals surface area contributed by atoms with Crippen molar-refractivity contribution in [2.24, 2.45) is 0 Å². The molecular formula is C13H18N2O3. The smallest absolute Gasteiger partial charge is 0.247 e. The molecule has 1 heterocycles. The van der Waals surface area contributed by atoms with Crippen molar-refractivity contribution in [3.05, 3.63) is 29.8 Å². The molecule has 5 heteroatoms. The van der Waals surface area contributed by atoms with Crippen molar-refractivity contribution in [3.8, 4) is 0 Å². The maximum Gasteiger partial charge on any atom is 0.247 e. The summed E-state index contributed by atoms with van der Waals surface area (Å²) in [6, 6.07) is 8.03. The van der Waals surface area contributed by atoms with Crippen molar-refractivity contribution in [3.63, 3.8) is 0 Å². The second kappa shape index (κ2) is 6.37. The molecule has 1 aliphatic rings. The molecule has 2 rings (SSSR count). The van der Waals surface area contributed by atoms with Gasteiger partial charge in [-0.05, 0) is 17.7 Å². The largest absolute Gasteiger partial charge is 0.378 e. The third-order valence-corrected chi connectivity index (χ3v) is 2.89. The van der Waals surface area contributed by atoms with E-state index in [1.54, 1.807) is 0 Å². The zero-order valence-corrected chi connectivity index (χ0v) is 10.5. The summed E-state index contributed by atoms with van der Waals surface area (Å²) in [5.41, 5.74) is 4.45. The van der Waals surface area contributed by atoms with E-state index in [1.807, 2.05) is 24.3 Å². The van der Waals surface area contributed by atoms with Gasteiger partial charge in [0.1, 0.15) is 0 Å². The lowest BCUT2D eigenvalue weighted by atomic mass is 10.1. The number of benzene rings is 1. The van der Waals surface area contributed by atoms with Gasteiger partial charge in [-0.1, -0.05) is 12.1 Å². The van der Waals surface area contributed by atoms with Gasteiger partial charge in [0.05, 0.1) is 26.7 Å². The molecule has 0 saturated carbocycles. The Morgan fingerprint density at radius 1 is 1.33 bits per heavy atom. The highest BCUT2D eigenvalue weighted by atomic mass is 16.6. The van der Waals surface area contributed by atoms with E-state index in [-0.39, 0.29) is 5.91 Å². The molecule has 98 valence electrons. The van der Waals surface area contributed by atoms with Crippen LogP contribution in [0.2, 0.25) is 0 Å². The summed E-state index contributed by atoms with van der Waals surface area (Å²) in [6.45, 7) is 3.39. The van der Waals surface area contributed by atoms with Gasteiger partial charge in [0.15, 0.2) is 0 Å². The van der Waals surface area contributed by atoms with E-state index in [4.69, 9.17) is 4.74 Å². The van der Waals surface area contributed by atoms with Gasteiger partial charge in [0.2, 0.25) is 5.91 Å². The van der Waals surface area contributed by atoms with Gasteiger partial charge in [-0.15, -0.1) is 0 Å². The Hall–Kier alpha value is -1.59. The molecule has 1 aliphatic heterocycles. The van der Waals surface area contributed by atoms with Gasteiger partial charge in [-0.25, -0.2) is 5.48 Å². The van der Waals surface area contributed by atoms with Crippen LogP contribution in [-0.4, -0.2) is 39.3 Å². The number of rotatable bonds is 4. The summed E-state index contributed by atoms with van der Waals surface area (Å²) in [7, 11) is 1.43. The summed E-state index contributed by atoms with van der Waals surface area (Å²) in [6.07, 6.45) is 0.331. The van der Waals surface area contributed by atoms with Crippen LogP contribution in [0.4, 0.5) is 5.69 Å². The topological polar surface area (TPSA) is 50.8 Å². The molecule has 1 fully saturated rings. The molecule has 1 amide bonds. The first-order chi connectivity index (χ1) is 8.79. The number of anilines is 1. The molecule has 0 aromatic heterocycles. The van der Waals surface area contributed by atoms with Crippen molar-refractivity contribution in [1.29, 1.82) is 0 Å². The van der Waals surface area contributed by atoms with E-state index in [0.29, 0.717) is 6.42 Å². The molecule has 1 aromatic carbocycles. The van der Waals surface area contributed by atoms with Crippen molar-refractivity contribution in [2.45, 2.75) is 6.42 Å². The second-order valence-electron chi connectivity index (χ2n) is 4.17. The molecule has 0 aliphatic carbocycles. The number of hydrogen-bond acceptors (Lipinski definition) is 4. The summed E-state index contributed by atoms with van der Waals surface area (Å²) < 4.78 is 5.32. The zero-order chi connectivity index (χ0) is 12.8. The molecular weight excluding hydrogens is 232 g/mol. The van der Waals surface area contributed by atoms with Crippen LogP contribution in [0.25, 0.3) is 0 Å². The van der Waals surface area contributed by atoms with E-state index >= 15 is 0 Å². The number of amides is 1. The van der Waals surface area contributed by atoms with Crippen LogP contribution >= 0.6 is 0 Å². The average molecular weight is 250 g/mol. The van der Waals surface area contributed by atoms with E-state index < -0.39 is 0 Å². The number of ether oxygens (including phenoxy) is 1. The highest BCUT2D eigenvalue weighted by Gasteiger charge is 2.11. The number of nitrogens with zero attached hydrogens (tertiary/aromatic N) is 1. The zero-order valence-electron chi connectivity index (χ0n) is 10.5. The molecule has 0 atom stereocenters. The lowest BCUT2D eigenvalue weighted by Gasteiger charge is -2.28. The van der Waals surface area contributed by atoms with Gasteiger partial charge in [-0.2, -0.15) is 0 Å². The number of hydroxylamine groups is 1. The van der Waals surface area contributed by atoms with Crippen LogP contribution in [0.15, 0.2) is 24.3 Å². The lowest BCUT2D eigenvalue weighted by Crippen LogP contribution is -2.36.